The van der Waals surface area contributed by atoms with Gasteiger partial charge in [0.05, 0.1) is 19.2 Å². The van der Waals surface area contributed by atoms with E-state index in [9.17, 15) is 9.00 Å². The van der Waals surface area contributed by atoms with Gasteiger partial charge in [-0.2, -0.15) is 4.36 Å². The molecule has 94 valence electrons. The largest absolute Gasteiger partial charge is 0.496 e. The minimum Gasteiger partial charge on any atom is -0.496 e. The lowest BCUT2D eigenvalue weighted by Gasteiger charge is -2.07. The fraction of sp³-hybridized carbons (Fsp3) is 0.364. The van der Waals surface area contributed by atoms with E-state index in [1.54, 1.807) is 18.2 Å². The molecular formula is C11H15NO4S. The van der Waals surface area contributed by atoms with Gasteiger partial charge in [-0.3, -0.25) is 4.79 Å². The molecule has 0 aliphatic rings. The van der Waals surface area contributed by atoms with Crippen LogP contribution in [0, 0.1) is 0 Å². The third-order valence-electron chi connectivity index (χ3n) is 1.94. The van der Waals surface area contributed by atoms with Crippen LogP contribution in [-0.2, 0) is 20.9 Å². The first-order valence-corrected chi connectivity index (χ1v) is 7.21. The summed E-state index contributed by atoms with van der Waals surface area (Å²) in [5.41, 5.74) is 1.09. The van der Waals surface area contributed by atoms with Crippen molar-refractivity contribution < 1.29 is 18.8 Å². The first-order valence-electron chi connectivity index (χ1n) is 4.87. The van der Waals surface area contributed by atoms with Gasteiger partial charge in [0, 0.05) is 33.9 Å². The molecule has 0 bridgehead atoms. The van der Waals surface area contributed by atoms with Crippen LogP contribution in [0.4, 0.5) is 5.69 Å². The Morgan fingerprint density at radius 3 is 2.59 bits per heavy atom. The molecule has 0 heterocycles. The molecule has 0 radical (unpaired) electrons. The number of nitrogens with zero attached hydrogens (tertiary/aromatic N) is 1. The molecule has 0 atom stereocenters. The normalized spacial score (nSPS) is 11.0. The summed E-state index contributed by atoms with van der Waals surface area (Å²) in [5.74, 6) is -0.486. The van der Waals surface area contributed by atoms with Crippen molar-refractivity contribution >= 4 is 21.4 Å². The monoisotopic (exact) mass is 257 g/mol. The Kier molecular flexibility index (Phi) is 4.11. The molecular weight excluding hydrogens is 242 g/mol. The number of ether oxygens (including phenoxy) is 1. The summed E-state index contributed by atoms with van der Waals surface area (Å²) in [7, 11) is -0.777. The van der Waals surface area contributed by atoms with Gasteiger partial charge in [0.15, 0.2) is 0 Å². The zero-order valence-corrected chi connectivity index (χ0v) is 10.8. The summed E-state index contributed by atoms with van der Waals surface area (Å²) in [6, 6.07) is 4.84. The van der Waals surface area contributed by atoms with Crippen molar-refractivity contribution in [2.24, 2.45) is 4.36 Å². The van der Waals surface area contributed by atoms with Crippen LogP contribution in [0.2, 0.25) is 0 Å². The Balaban J connectivity index is 3.18. The number of carboxylic acids is 1. The van der Waals surface area contributed by atoms with Gasteiger partial charge in [0.1, 0.15) is 5.75 Å². The van der Waals surface area contributed by atoms with Crippen molar-refractivity contribution in [2.45, 2.75) is 6.42 Å². The van der Waals surface area contributed by atoms with Crippen LogP contribution < -0.4 is 4.74 Å². The van der Waals surface area contributed by atoms with E-state index >= 15 is 0 Å². The third kappa shape index (κ3) is 4.44. The van der Waals surface area contributed by atoms with Crippen LogP contribution >= 0.6 is 0 Å². The molecule has 5 nitrogen and oxygen atoms in total. The van der Waals surface area contributed by atoms with E-state index in [1.807, 2.05) is 0 Å². The van der Waals surface area contributed by atoms with Crippen molar-refractivity contribution in [3.63, 3.8) is 0 Å². The van der Waals surface area contributed by atoms with Crippen LogP contribution in [0.25, 0.3) is 0 Å². The summed E-state index contributed by atoms with van der Waals surface area (Å²) in [5, 5.41) is 8.72. The van der Waals surface area contributed by atoms with Crippen molar-refractivity contribution in [3.05, 3.63) is 23.8 Å². The Morgan fingerprint density at radius 2 is 2.12 bits per heavy atom. The maximum Gasteiger partial charge on any atom is 0.307 e. The standard InChI is InChI=1S/C11H15NO4S/c1-16-10-7-9(12-17(2,3)15)5-4-8(10)6-11(13)14/h4-5,7H,6H2,1-3H3,(H,13,14). The molecule has 0 aromatic heterocycles. The maximum absolute atomic E-state index is 11.5. The molecule has 17 heavy (non-hydrogen) atoms. The molecule has 1 rings (SSSR count). The highest BCUT2D eigenvalue weighted by atomic mass is 32.2. The lowest BCUT2D eigenvalue weighted by atomic mass is 10.1. The van der Waals surface area contributed by atoms with E-state index in [-0.39, 0.29) is 6.42 Å². The number of methoxy groups -OCH3 is 1. The van der Waals surface area contributed by atoms with E-state index in [1.165, 1.54) is 19.6 Å². The van der Waals surface area contributed by atoms with E-state index in [2.05, 4.69) is 4.36 Å². The predicted octanol–water partition coefficient (Wildman–Crippen LogP) is 1.68. The second-order valence-electron chi connectivity index (χ2n) is 3.84. The number of hydrogen-bond donors (Lipinski definition) is 1. The van der Waals surface area contributed by atoms with Gasteiger partial charge in [-0.15, -0.1) is 0 Å². The van der Waals surface area contributed by atoms with Gasteiger partial charge in [-0.05, 0) is 6.07 Å². The maximum atomic E-state index is 11.5. The molecule has 0 amide bonds. The zero-order chi connectivity index (χ0) is 13.1. The average molecular weight is 257 g/mol. The van der Waals surface area contributed by atoms with Crippen molar-refractivity contribution in [3.8, 4) is 5.75 Å². The van der Waals surface area contributed by atoms with E-state index < -0.39 is 15.7 Å². The van der Waals surface area contributed by atoms with Crippen molar-refractivity contribution in [2.75, 3.05) is 19.6 Å². The van der Waals surface area contributed by atoms with Crippen molar-refractivity contribution in [1.29, 1.82) is 0 Å². The van der Waals surface area contributed by atoms with E-state index in [0.29, 0.717) is 17.0 Å². The van der Waals surface area contributed by atoms with Gasteiger partial charge < -0.3 is 9.84 Å². The van der Waals surface area contributed by atoms with E-state index in [0.717, 1.165) is 0 Å². The van der Waals surface area contributed by atoms with Gasteiger partial charge in [0.25, 0.3) is 0 Å². The second kappa shape index (κ2) is 5.18. The zero-order valence-electron chi connectivity index (χ0n) is 9.97. The van der Waals surface area contributed by atoms with Crippen LogP contribution in [0.3, 0.4) is 0 Å². The Hall–Kier alpha value is -1.56. The summed E-state index contributed by atoms with van der Waals surface area (Å²) in [6.45, 7) is 0. The van der Waals surface area contributed by atoms with E-state index in [4.69, 9.17) is 9.84 Å². The molecule has 0 fully saturated rings. The molecule has 0 aliphatic carbocycles. The van der Waals surface area contributed by atoms with Crippen LogP contribution in [0.1, 0.15) is 5.56 Å². The number of carboxylic acid groups (broad SMARTS) is 1. The highest BCUT2D eigenvalue weighted by Gasteiger charge is 2.08. The Morgan fingerprint density at radius 1 is 1.47 bits per heavy atom. The summed E-state index contributed by atoms with van der Waals surface area (Å²) < 4.78 is 20.6. The molecule has 0 unspecified atom stereocenters. The molecule has 0 saturated heterocycles. The molecule has 1 N–H and O–H groups in total. The van der Waals surface area contributed by atoms with Gasteiger partial charge in [-0.1, -0.05) is 6.07 Å². The Bertz CT molecular complexity index is 536. The second-order valence-corrected chi connectivity index (χ2v) is 6.38. The average Bonchev–Trinajstić information content (AvgIpc) is 2.17. The molecule has 0 spiro atoms. The fourth-order valence-electron chi connectivity index (χ4n) is 1.35. The summed E-state index contributed by atoms with van der Waals surface area (Å²) in [6.07, 6.45) is 2.95. The highest BCUT2D eigenvalue weighted by Crippen LogP contribution is 2.26. The molecule has 1 aromatic carbocycles. The number of aliphatic carboxylic acids is 1. The molecule has 1 aromatic rings. The van der Waals surface area contributed by atoms with Gasteiger partial charge in [-0.25, -0.2) is 4.21 Å². The molecule has 0 aliphatic heterocycles. The first-order chi connectivity index (χ1) is 7.81. The third-order valence-corrected chi connectivity index (χ3v) is 2.59. The van der Waals surface area contributed by atoms with Crippen molar-refractivity contribution in [1.82, 2.24) is 0 Å². The summed E-state index contributed by atoms with van der Waals surface area (Å²) in [4.78, 5) is 10.6. The topological polar surface area (TPSA) is 76.0 Å². The van der Waals surface area contributed by atoms with Crippen LogP contribution in [0.5, 0.6) is 5.75 Å². The highest BCUT2D eigenvalue weighted by molar-refractivity contribution is 7.92. The lowest BCUT2D eigenvalue weighted by molar-refractivity contribution is -0.136. The minimum atomic E-state index is -2.23. The number of benzene rings is 1. The number of hydrogen-bond acceptors (Lipinski definition) is 4. The number of rotatable bonds is 4. The molecule has 0 saturated carbocycles. The minimum absolute atomic E-state index is 0.114. The van der Waals surface area contributed by atoms with Crippen LogP contribution in [-0.4, -0.2) is 34.9 Å². The lowest BCUT2D eigenvalue weighted by Crippen LogP contribution is -2.02. The smallest absolute Gasteiger partial charge is 0.307 e. The number of carbonyl (C=O) groups is 1. The summed E-state index contributed by atoms with van der Waals surface area (Å²) >= 11 is 0. The molecule has 6 heteroatoms. The van der Waals surface area contributed by atoms with Gasteiger partial charge in [0.2, 0.25) is 0 Å². The quantitative estimate of drug-likeness (QED) is 0.890. The SMILES string of the molecule is COc1cc(N=S(C)(C)=O)ccc1CC(=O)O. The van der Waals surface area contributed by atoms with Crippen LogP contribution in [0.15, 0.2) is 22.6 Å². The Labute approximate surface area is 101 Å². The first kappa shape index (κ1) is 13.5. The van der Waals surface area contributed by atoms with Gasteiger partial charge >= 0.3 is 5.97 Å². The fourth-order valence-corrected chi connectivity index (χ4v) is 1.97. The predicted molar refractivity (Wildman–Crippen MR) is 66.4 cm³/mol.